The van der Waals surface area contributed by atoms with Crippen LogP contribution in [0.1, 0.15) is 97.3 Å². The minimum Gasteiger partial charge on any atom is -0.458 e. The van der Waals surface area contributed by atoms with Crippen LogP contribution in [0.2, 0.25) is 0 Å². The molecule has 3 nitrogen and oxygen atoms in total. The largest absolute Gasteiger partial charge is 0.458 e. The second-order valence-electron chi connectivity index (χ2n) is 9.08. The van der Waals surface area contributed by atoms with Gasteiger partial charge in [0.2, 0.25) is 0 Å². The third-order valence-corrected chi connectivity index (χ3v) is 7.37. The maximum Gasteiger partial charge on any atom is 0.333 e. The van der Waals surface area contributed by atoms with E-state index in [1.54, 1.807) is 0 Å². The number of carbonyl (C=O) groups excluding carboxylic acids is 1. The van der Waals surface area contributed by atoms with E-state index in [4.69, 9.17) is 4.74 Å². The number of unbranched alkanes of at least 4 members (excludes halogenated alkanes) is 2. The molecule has 0 saturated heterocycles. The molecule has 0 aromatic rings. The first-order valence-electron chi connectivity index (χ1n) is 11.2. The molecule has 2 saturated carbocycles. The van der Waals surface area contributed by atoms with Crippen LogP contribution >= 0.6 is 0 Å². The molecule has 0 radical (unpaired) electrons. The number of aliphatic hydroxyl groups is 1. The van der Waals surface area contributed by atoms with Crippen molar-refractivity contribution in [2.75, 3.05) is 0 Å². The summed E-state index contributed by atoms with van der Waals surface area (Å²) < 4.78 is 5.87. The molecule has 0 spiro atoms. The van der Waals surface area contributed by atoms with Gasteiger partial charge in [-0.1, -0.05) is 58.4 Å². The Morgan fingerprint density at radius 3 is 2.54 bits per heavy atom. The molecule has 2 aliphatic carbocycles. The highest BCUT2D eigenvalue weighted by atomic mass is 16.5. The molecule has 148 valence electrons. The summed E-state index contributed by atoms with van der Waals surface area (Å²) in [6.07, 6.45) is 16.7. The van der Waals surface area contributed by atoms with E-state index >= 15 is 0 Å². The maximum atomic E-state index is 12.4. The summed E-state index contributed by atoms with van der Waals surface area (Å²) in [4.78, 5) is 12.4. The molecule has 1 N–H and O–H groups in total. The van der Waals surface area contributed by atoms with Gasteiger partial charge in [-0.2, -0.15) is 0 Å². The van der Waals surface area contributed by atoms with Crippen molar-refractivity contribution in [1.29, 1.82) is 0 Å². The Bertz CT molecular complexity index is 504. The molecule has 4 atom stereocenters. The van der Waals surface area contributed by atoms with Crippen molar-refractivity contribution in [3.8, 4) is 0 Å². The van der Waals surface area contributed by atoms with Crippen LogP contribution in [0, 0.1) is 17.3 Å². The Labute approximate surface area is 159 Å². The van der Waals surface area contributed by atoms with Gasteiger partial charge in [-0.15, -0.1) is 0 Å². The average molecular weight is 363 g/mol. The van der Waals surface area contributed by atoms with Crippen molar-refractivity contribution in [3.05, 3.63) is 11.6 Å². The predicted octanol–water partition coefficient (Wildman–Crippen LogP) is 5.56. The van der Waals surface area contributed by atoms with Crippen LogP contribution < -0.4 is 0 Å². The SMILES string of the molecule is CCCCC1=CC2C(O)CC(C3(CCCC)CCCCC3)CC2OC1=O. The van der Waals surface area contributed by atoms with E-state index in [0.717, 1.165) is 37.7 Å². The van der Waals surface area contributed by atoms with Gasteiger partial charge in [0, 0.05) is 11.5 Å². The first-order chi connectivity index (χ1) is 12.6. The van der Waals surface area contributed by atoms with Gasteiger partial charge in [0.25, 0.3) is 0 Å². The minimum absolute atomic E-state index is 0.0163. The van der Waals surface area contributed by atoms with E-state index in [1.165, 1.54) is 51.4 Å². The van der Waals surface area contributed by atoms with Crippen molar-refractivity contribution in [2.45, 2.75) is 110 Å². The van der Waals surface area contributed by atoms with Crippen LogP contribution in [-0.4, -0.2) is 23.3 Å². The Balaban J connectivity index is 1.74. The molecule has 0 bridgehead atoms. The van der Waals surface area contributed by atoms with Crippen LogP contribution in [-0.2, 0) is 9.53 Å². The number of carbonyl (C=O) groups is 1. The minimum atomic E-state index is -0.357. The average Bonchev–Trinajstić information content (AvgIpc) is 2.65. The van der Waals surface area contributed by atoms with E-state index in [0.29, 0.717) is 11.3 Å². The molecule has 0 aromatic heterocycles. The fraction of sp³-hybridized carbons (Fsp3) is 0.870. The van der Waals surface area contributed by atoms with E-state index in [9.17, 15) is 9.90 Å². The quantitative estimate of drug-likeness (QED) is 0.603. The molecule has 3 aliphatic rings. The standard InChI is InChI=1S/C23H38O3/c1-3-5-10-17-14-19-20(24)15-18(16-21(19)26-22(17)25)23(11-6-4-2)12-8-7-9-13-23/h14,18-21,24H,3-13,15-16H2,1-2H3. The van der Waals surface area contributed by atoms with E-state index < -0.39 is 0 Å². The third kappa shape index (κ3) is 4.18. The maximum absolute atomic E-state index is 12.4. The Morgan fingerprint density at radius 1 is 1.12 bits per heavy atom. The molecule has 26 heavy (non-hydrogen) atoms. The van der Waals surface area contributed by atoms with Crippen LogP contribution in [0.5, 0.6) is 0 Å². The summed E-state index contributed by atoms with van der Waals surface area (Å²) in [6, 6.07) is 0. The van der Waals surface area contributed by atoms with Crippen LogP contribution in [0.25, 0.3) is 0 Å². The zero-order valence-electron chi connectivity index (χ0n) is 16.8. The van der Waals surface area contributed by atoms with Crippen molar-refractivity contribution in [1.82, 2.24) is 0 Å². The van der Waals surface area contributed by atoms with Gasteiger partial charge in [0.05, 0.1) is 6.10 Å². The summed E-state index contributed by atoms with van der Waals surface area (Å²) in [5.74, 6) is 0.394. The smallest absolute Gasteiger partial charge is 0.333 e. The molecule has 0 aromatic carbocycles. The lowest BCUT2D eigenvalue weighted by Crippen LogP contribution is -2.49. The lowest BCUT2D eigenvalue weighted by atomic mass is 9.57. The van der Waals surface area contributed by atoms with Gasteiger partial charge in [-0.05, 0) is 56.3 Å². The summed E-state index contributed by atoms with van der Waals surface area (Å²) in [5, 5.41) is 10.9. The van der Waals surface area contributed by atoms with Crippen molar-refractivity contribution < 1.29 is 14.6 Å². The number of esters is 1. The fourth-order valence-electron chi connectivity index (χ4n) is 5.79. The molecule has 2 fully saturated rings. The van der Waals surface area contributed by atoms with Gasteiger partial charge in [0.15, 0.2) is 0 Å². The van der Waals surface area contributed by atoms with E-state index in [2.05, 4.69) is 19.9 Å². The molecular weight excluding hydrogens is 324 g/mol. The lowest BCUT2D eigenvalue weighted by molar-refractivity contribution is -0.159. The fourth-order valence-corrected chi connectivity index (χ4v) is 5.79. The number of ether oxygens (including phenoxy) is 1. The first kappa shape index (κ1) is 19.9. The monoisotopic (exact) mass is 362 g/mol. The molecular formula is C23H38O3. The van der Waals surface area contributed by atoms with Gasteiger partial charge in [-0.25, -0.2) is 4.79 Å². The molecule has 1 heterocycles. The number of fused-ring (bicyclic) bond motifs is 1. The van der Waals surface area contributed by atoms with E-state index in [-0.39, 0.29) is 24.1 Å². The zero-order chi connectivity index (χ0) is 18.6. The molecule has 3 rings (SSSR count). The number of rotatable bonds is 7. The summed E-state index contributed by atoms with van der Waals surface area (Å²) >= 11 is 0. The predicted molar refractivity (Wildman–Crippen MR) is 105 cm³/mol. The Hall–Kier alpha value is -0.830. The normalized spacial score (nSPS) is 34.0. The van der Waals surface area contributed by atoms with Gasteiger partial charge in [-0.3, -0.25) is 0 Å². The van der Waals surface area contributed by atoms with Crippen molar-refractivity contribution in [3.63, 3.8) is 0 Å². The van der Waals surface area contributed by atoms with E-state index in [1.807, 2.05) is 0 Å². The van der Waals surface area contributed by atoms with Crippen LogP contribution in [0.15, 0.2) is 11.6 Å². The topological polar surface area (TPSA) is 46.5 Å². The summed E-state index contributed by atoms with van der Waals surface area (Å²) in [5.41, 5.74) is 1.17. The zero-order valence-corrected chi connectivity index (χ0v) is 16.8. The number of hydrogen-bond acceptors (Lipinski definition) is 3. The van der Waals surface area contributed by atoms with Crippen molar-refractivity contribution in [2.24, 2.45) is 17.3 Å². The second kappa shape index (κ2) is 8.91. The van der Waals surface area contributed by atoms with Gasteiger partial charge < -0.3 is 9.84 Å². The highest BCUT2D eigenvalue weighted by Gasteiger charge is 2.48. The lowest BCUT2D eigenvalue weighted by Gasteiger charge is -2.50. The second-order valence-corrected chi connectivity index (χ2v) is 9.08. The molecule has 0 amide bonds. The highest BCUT2D eigenvalue weighted by Crippen LogP contribution is 2.53. The third-order valence-electron chi connectivity index (χ3n) is 7.37. The van der Waals surface area contributed by atoms with Crippen molar-refractivity contribution >= 4 is 5.97 Å². The summed E-state index contributed by atoms with van der Waals surface area (Å²) in [6.45, 7) is 4.41. The van der Waals surface area contributed by atoms with Crippen LogP contribution in [0.4, 0.5) is 0 Å². The first-order valence-corrected chi connectivity index (χ1v) is 11.2. The molecule has 3 heteroatoms. The van der Waals surface area contributed by atoms with Gasteiger partial charge >= 0.3 is 5.97 Å². The highest BCUT2D eigenvalue weighted by molar-refractivity contribution is 5.89. The number of hydrogen-bond donors (Lipinski definition) is 1. The van der Waals surface area contributed by atoms with Crippen LogP contribution in [0.3, 0.4) is 0 Å². The Morgan fingerprint density at radius 2 is 1.85 bits per heavy atom. The molecule has 4 unspecified atom stereocenters. The van der Waals surface area contributed by atoms with Gasteiger partial charge in [0.1, 0.15) is 6.10 Å². The number of aliphatic hydroxyl groups excluding tert-OH is 1. The molecule has 1 aliphatic heterocycles. The Kier molecular flexibility index (Phi) is 6.82. The summed E-state index contributed by atoms with van der Waals surface area (Å²) in [7, 11) is 0.